The van der Waals surface area contributed by atoms with Gasteiger partial charge in [-0.2, -0.15) is 16.8 Å². The zero-order valence-corrected chi connectivity index (χ0v) is 25.2. The molecule has 0 radical (unpaired) electrons. The van der Waals surface area contributed by atoms with Crippen LogP contribution in [-0.2, 0) is 33.3 Å². The highest BCUT2D eigenvalue weighted by molar-refractivity contribution is 7.87. The van der Waals surface area contributed by atoms with E-state index in [0.29, 0.717) is 0 Å². The predicted molar refractivity (Wildman–Crippen MR) is 155 cm³/mol. The van der Waals surface area contributed by atoms with Crippen molar-refractivity contribution < 1.29 is 29.9 Å². The third-order valence-electron chi connectivity index (χ3n) is 6.46. The number of rotatable bonds is 22. The molecule has 2 aromatic rings. The molecule has 0 bridgehead atoms. The van der Waals surface area contributed by atoms with E-state index in [0.717, 1.165) is 101 Å². The quantitative estimate of drug-likeness (QED) is 0.108. The molecule has 9 heteroatoms. The van der Waals surface area contributed by atoms with Crippen molar-refractivity contribution in [2.75, 3.05) is 26.4 Å². The van der Waals surface area contributed by atoms with Crippen molar-refractivity contribution in [2.24, 2.45) is 0 Å². The van der Waals surface area contributed by atoms with Gasteiger partial charge in [0.15, 0.2) is 0 Å². The number of hydrogen-bond donors (Lipinski definition) is 0. The zero-order valence-electron chi connectivity index (χ0n) is 23.6. The molecule has 0 aliphatic heterocycles. The van der Waals surface area contributed by atoms with Gasteiger partial charge in [0.2, 0.25) is 0 Å². The Morgan fingerprint density at radius 3 is 1.05 bits per heavy atom. The maximum absolute atomic E-state index is 12.1. The van der Waals surface area contributed by atoms with Crippen LogP contribution in [0, 0.1) is 13.8 Å². The molecule has 2 aromatic carbocycles. The lowest BCUT2D eigenvalue weighted by Crippen LogP contribution is -2.07. The van der Waals surface area contributed by atoms with E-state index in [1.54, 1.807) is 48.5 Å². The third-order valence-corrected chi connectivity index (χ3v) is 9.12. The summed E-state index contributed by atoms with van der Waals surface area (Å²) >= 11 is 0. The van der Waals surface area contributed by atoms with Crippen molar-refractivity contribution in [2.45, 2.75) is 101 Å². The number of unbranched alkanes of at least 4 members (excludes halogenated alkanes) is 10. The van der Waals surface area contributed by atoms with E-state index in [1.807, 2.05) is 13.8 Å². The molecule has 0 unspecified atom stereocenters. The van der Waals surface area contributed by atoms with E-state index in [4.69, 9.17) is 13.1 Å². The molecule has 0 aliphatic carbocycles. The normalized spacial score (nSPS) is 12.2. The fraction of sp³-hybridized carbons (Fsp3) is 0.600. The molecular formula is C30H46O7S2. The zero-order chi connectivity index (χ0) is 28.4. The van der Waals surface area contributed by atoms with E-state index >= 15 is 0 Å². The van der Waals surface area contributed by atoms with Gasteiger partial charge in [-0.1, -0.05) is 86.8 Å². The van der Waals surface area contributed by atoms with Crippen molar-refractivity contribution in [1.29, 1.82) is 0 Å². The van der Waals surface area contributed by atoms with Crippen molar-refractivity contribution in [1.82, 2.24) is 0 Å². The first-order valence-electron chi connectivity index (χ1n) is 14.2. The van der Waals surface area contributed by atoms with Gasteiger partial charge in [0, 0.05) is 13.2 Å². The monoisotopic (exact) mass is 582 g/mol. The Bertz CT molecular complexity index is 1040. The van der Waals surface area contributed by atoms with Gasteiger partial charge in [0.25, 0.3) is 20.2 Å². The smallest absolute Gasteiger partial charge is 0.296 e. The molecule has 7 nitrogen and oxygen atoms in total. The van der Waals surface area contributed by atoms with Crippen LogP contribution >= 0.6 is 0 Å². The summed E-state index contributed by atoms with van der Waals surface area (Å²) in [6.45, 7) is 5.85. The third kappa shape index (κ3) is 14.4. The fourth-order valence-corrected chi connectivity index (χ4v) is 5.90. The van der Waals surface area contributed by atoms with Crippen molar-refractivity contribution in [3.05, 3.63) is 59.7 Å². The molecule has 2 rings (SSSR count). The average molecular weight is 583 g/mol. The number of hydrogen-bond acceptors (Lipinski definition) is 7. The van der Waals surface area contributed by atoms with E-state index in [9.17, 15) is 16.8 Å². The summed E-state index contributed by atoms with van der Waals surface area (Å²) in [4.78, 5) is 0.422. The molecule has 0 fully saturated rings. The van der Waals surface area contributed by atoms with Gasteiger partial charge >= 0.3 is 0 Å². The van der Waals surface area contributed by atoms with Gasteiger partial charge in [-0.3, -0.25) is 8.37 Å². The summed E-state index contributed by atoms with van der Waals surface area (Å²) in [7, 11) is -7.31. The minimum atomic E-state index is -3.66. The van der Waals surface area contributed by atoms with E-state index < -0.39 is 20.2 Å². The van der Waals surface area contributed by atoms with E-state index in [1.165, 1.54) is 0 Å². The maximum atomic E-state index is 12.1. The van der Waals surface area contributed by atoms with Crippen LogP contribution in [0.2, 0.25) is 0 Å². The Morgan fingerprint density at radius 1 is 0.436 bits per heavy atom. The second-order valence-corrected chi connectivity index (χ2v) is 13.3. The molecule has 0 N–H and O–H groups in total. The Balaban J connectivity index is 1.32. The Kier molecular flexibility index (Phi) is 15.9. The second kappa shape index (κ2) is 18.5. The molecule has 0 atom stereocenters. The first kappa shape index (κ1) is 33.4. The van der Waals surface area contributed by atoms with Crippen LogP contribution in [0.5, 0.6) is 0 Å². The average Bonchev–Trinajstić information content (AvgIpc) is 2.90. The van der Waals surface area contributed by atoms with Crippen molar-refractivity contribution >= 4 is 20.2 Å². The SMILES string of the molecule is Cc1ccc(S(=O)(=O)OCCCCCCCCOCCCCCCCCOS(=O)(=O)c2ccc(C)cc2)cc1. The van der Waals surface area contributed by atoms with Crippen molar-refractivity contribution in [3.63, 3.8) is 0 Å². The van der Waals surface area contributed by atoms with E-state index in [2.05, 4.69) is 0 Å². The number of ether oxygens (including phenoxy) is 1. The molecule has 0 saturated carbocycles. The van der Waals surface area contributed by atoms with Gasteiger partial charge in [0.05, 0.1) is 23.0 Å². The standard InChI is InChI=1S/C30H46O7S2/c1-27-15-19-29(20-16-27)38(31,32)36-25-13-9-5-3-7-11-23-35-24-12-8-4-6-10-14-26-37-39(33,34)30-21-17-28(2)18-22-30/h15-22H,3-14,23-26H2,1-2H3. The van der Waals surface area contributed by atoms with Gasteiger partial charge in [-0.25, -0.2) is 0 Å². The largest absolute Gasteiger partial charge is 0.381 e. The van der Waals surface area contributed by atoms with Crippen LogP contribution in [0.25, 0.3) is 0 Å². The molecule has 0 spiro atoms. The Hall–Kier alpha value is -1.78. The van der Waals surface area contributed by atoms with Gasteiger partial charge < -0.3 is 4.74 Å². The summed E-state index contributed by atoms with van der Waals surface area (Å²) in [5.74, 6) is 0. The Labute approximate surface area is 236 Å². The second-order valence-electron chi connectivity index (χ2n) is 10.0. The van der Waals surface area contributed by atoms with Crippen LogP contribution in [-0.4, -0.2) is 43.3 Å². The minimum Gasteiger partial charge on any atom is -0.381 e. The van der Waals surface area contributed by atoms with Crippen LogP contribution in [0.1, 0.15) is 88.2 Å². The summed E-state index contributed by atoms with van der Waals surface area (Å²) < 4.78 is 64.5. The van der Waals surface area contributed by atoms with Gasteiger partial charge in [0.1, 0.15) is 0 Å². The number of aryl methyl sites for hydroxylation is 2. The summed E-state index contributed by atoms with van der Waals surface area (Å²) in [5.41, 5.74) is 2.03. The maximum Gasteiger partial charge on any atom is 0.296 e. The molecule has 0 amide bonds. The summed E-state index contributed by atoms with van der Waals surface area (Å²) in [6, 6.07) is 13.4. The first-order valence-corrected chi connectivity index (χ1v) is 17.0. The molecule has 0 aromatic heterocycles. The molecular weight excluding hydrogens is 536 g/mol. The molecule has 0 heterocycles. The van der Waals surface area contributed by atoms with Crippen LogP contribution in [0.4, 0.5) is 0 Å². The van der Waals surface area contributed by atoms with Crippen molar-refractivity contribution in [3.8, 4) is 0 Å². The van der Waals surface area contributed by atoms with Crippen LogP contribution in [0.15, 0.2) is 58.3 Å². The number of benzene rings is 2. The molecule has 220 valence electrons. The van der Waals surface area contributed by atoms with Gasteiger partial charge in [-0.05, 0) is 63.8 Å². The topological polar surface area (TPSA) is 96.0 Å². The fourth-order valence-electron chi connectivity index (χ4n) is 4.01. The first-order chi connectivity index (χ1) is 18.7. The van der Waals surface area contributed by atoms with Gasteiger partial charge in [-0.15, -0.1) is 0 Å². The molecule has 0 saturated heterocycles. The predicted octanol–water partition coefficient (Wildman–Crippen LogP) is 7.11. The minimum absolute atomic E-state index is 0.211. The summed E-state index contributed by atoms with van der Waals surface area (Å²) in [5, 5.41) is 0. The Morgan fingerprint density at radius 2 is 0.718 bits per heavy atom. The highest BCUT2D eigenvalue weighted by Crippen LogP contribution is 2.16. The molecule has 0 aliphatic rings. The highest BCUT2D eigenvalue weighted by Gasteiger charge is 2.15. The van der Waals surface area contributed by atoms with E-state index in [-0.39, 0.29) is 23.0 Å². The van der Waals surface area contributed by atoms with Crippen LogP contribution in [0.3, 0.4) is 0 Å². The highest BCUT2D eigenvalue weighted by atomic mass is 32.2. The van der Waals surface area contributed by atoms with Crippen LogP contribution < -0.4 is 0 Å². The lowest BCUT2D eigenvalue weighted by atomic mass is 10.1. The lowest BCUT2D eigenvalue weighted by Gasteiger charge is -2.07. The lowest BCUT2D eigenvalue weighted by molar-refractivity contribution is 0.125. The molecule has 39 heavy (non-hydrogen) atoms. The summed E-state index contributed by atoms with van der Waals surface area (Å²) in [6.07, 6.45) is 12.1.